The van der Waals surface area contributed by atoms with Gasteiger partial charge in [-0.2, -0.15) is 0 Å². The fourth-order valence-corrected chi connectivity index (χ4v) is 3.75. The number of nitrogens with one attached hydrogen (secondary N) is 1. The number of rotatable bonds is 7. The maximum atomic E-state index is 12.3. The normalized spacial score (nSPS) is 10.9. The zero-order chi connectivity index (χ0) is 23.3. The lowest BCUT2D eigenvalue weighted by molar-refractivity contribution is -0.118. The molecule has 7 heteroatoms. The van der Waals surface area contributed by atoms with E-state index < -0.39 is 0 Å². The number of amides is 1. The highest BCUT2D eigenvalue weighted by Gasteiger charge is 2.07. The van der Waals surface area contributed by atoms with Crippen molar-refractivity contribution in [3.63, 3.8) is 0 Å². The molecule has 1 aromatic heterocycles. The maximum absolute atomic E-state index is 12.3. The molecule has 0 saturated carbocycles. The monoisotopic (exact) mass is 468 g/mol. The van der Waals surface area contributed by atoms with Crippen molar-refractivity contribution in [1.29, 1.82) is 0 Å². The molecule has 0 aliphatic rings. The molecule has 0 spiro atoms. The molecule has 1 amide bonds. The van der Waals surface area contributed by atoms with Crippen LogP contribution in [0.1, 0.15) is 5.56 Å². The minimum atomic E-state index is -0.218. The molecular formula is C27H21ClN4O2. The number of hydrogen-bond donors (Lipinski definition) is 1. The van der Waals surface area contributed by atoms with Crippen molar-refractivity contribution in [2.75, 3.05) is 11.9 Å². The van der Waals surface area contributed by atoms with Gasteiger partial charge in [-0.05, 0) is 64.9 Å². The molecule has 34 heavy (non-hydrogen) atoms. The molecule has 0 bridgehead atoms. The van der Waals surface area contributed by atoms with Crippen molar-refractivity contribution in [3.8, 4) is 17.0 Å². The third-order valence-electron chi connectivity index (χ3n) is 5.35. The lowest BCUT2D eigenvalue weighted by atomic mass is 10.1. The van der Waals surface area contributed by atoms with Crippen molar-refractivity contribution < 1.29 is 9.53 Å². The number of halogens is 1. The van der Waals surface area contributed by atoms with Gasteiger partial charge in [0.15, 0.2) is 6.61 Å². The van der Waals surface area contributed by atoms with E-state index in [4.69, 9.17) is 16.3 Å². The van der Waals surface area contributed by atoms with Gasteiger partial charge in [0.1, 0.15) is 11.4 Å². The van der Waals surface area contributed by atoms with Gasteiger partial charge in [-0.25, -0.2) is 4.68 Å². The number of carbonyl (C=O) groups excluding carboxylic acids is 1. The van der Waals surface area contributed by atoms with E-state index in [1.54, 1.807) is 4.68 Å². The summed E-state index contributed by atoms with van der Waals surface area (Å²) in [5.74, 6) is 0.385. The zero-order valence-electron chi connectivity index (χ0n) is 18.2. The predicted molar refractivity (Wildman–Crippen MR) is 134 cm³/mol. The molecule has 4 aromatic carbocycles. The number of carbonyl (C=O) groups is 1. The first-order chi connectivity index (χ1) is 16.6. The van der Waals surface area contributed by atoms with E-state index in [-0.39, 0.29) is 12.5 Å². The summed E-state index contributed by atoms with van der Waals surface area (Å²) in [5, 5.41) is 14.2. The fourth-order valence-electron chi connectivity index (χ4n) is 3.62. The van der Waals surface area contributed by atoms with Crippen LogP contribution < -0.4 is 10.1 Å². The summed E-state index contributed by atoms with van der Waals surface area (Å²) in [6.07, 6.45) is 1.89. The molecule has 5 aromatic rings. The van der Waals surface area contributed by atoms with Gasteiger partial charge < -0.3 is 10.1 Å². The Morgan fingerprint density at radius 2 is 1.68 bits per heavy atom. The van der Waals surface area contributed by atoms with Crippen LogP contribution in [0.25, 0.3) is 22.0 Å². The van der Waals surface area contributed by atoms with Crippen LogP contribution in [0.4, 0.5) is 5.69 Å². The quantitative estimate of drug-likeness (QED) is 0.327. The van der Waals surface area contributed by atoms with E-state index in [1.807, 2.05) is 97.2 Å². The number of ether oxygens (including phenoxy) is 1. The zero-order valence-corrected chi connectivity index (χ0v) is 18.9. The van der Waals surface area contributed by atoms with Crippen LogP contribution in [0.2, 0.25) is 5.02 Å². The molecule has 0 radical (unpaired) electrons. The second-order valence-electron chi connectivity index (χ2n) is 7.85. The third kappa shape index (κ3) is 5.24. The van der Waals surface area contributed by atoms with Gasteiger partial charge in [0.25, 0.3) is 5.91 Å². The Morgan fingerprint density at radius 3 is 2.47 bits per heavy atom. The highest BCUT2D eigenvalue weighted by Crippen LogP contribution is 2.22. The second-order valence-corrected chi connectivity index (χ2v) is 8.29. The minimum absolute atomic E-state index is 0.0799. The van der Waals surface area contributed by atoms with Gasteiger partial charge >= 0.3 is 0 Å². The number of hydrogen-bond acceptors (Lipinski definition) is 4. The van der Waals surface area contributed by atoms with Gasteiger partial charge in [0, 0.05) is 16.3 Å². The van der Waals surface area contributed by atoms with Gasteiger partial charge in [-0.3, -0.25) is 4.79 Å². The number of anilines is 1. The standard InChI is InChI=1S/C27H21ClN4O2/c28-23-10-5-19(6-11-23)16-32-17-26(30-31-32)21-8-13-25(14-9-21)34-18-27(33)29-24-12-7-20-3-1-2-4-22(20)15-24/h1-15,17H,16,18H2,(H,29,33). The molecular weight excluding hydrogens is 448 g/mol. The first kappa shape index (κ1) is 21.7. The van der Waals surface area contributed by atoms with E-state index in [9.17, 15) is 4.79 Å². The van der Waals surface area contributed by atoms with Crippen LogP contribution in [-0.2, 0) is 11.3 Å². The molecule has 0 unspecified atom stereocenters. The van der Waals surface area contributed by atoms with Crippen LogP contribution >= 0.6 is 11.6 Å². The highest BCUT2D eigenvalue weighted by molar-refractivity contribution is 6.30. The van der Waals surface area contributed by atoms with Crippen LogP contribution in [0.15, 0.2) is 97.2 Å². The summed E-state index contributed by atoms with van der Waals surface area (Å²) in [4.78, 5) is 12.3. The molecule has 0 saturated heterocycles. The Balaban J connectivity index is 1.16. The largest absolute Gasteiger partial charge is 0.484 e. The van der Waals surface area contributed by atoms with E-state index in [0.717, 1.165) is 33.3 Å². The lowest BCUT2D eigenvalue weighted by Crippen LogP contribution is -2.20. The number of aromatic nitrogens is 3. The van der Waals surface area contributed by atoms with Crippen LogP contribution in [-0.4, -0.2) is 27.5 Å². The molecule has 5 rings (SSSR count). The van der Waals surface area contributed by atoms with Crippen LogP contribution in [0.3, 0.4) is 0 Å². The summed E-state index contributed by atoms with van der Waals surface area (Å²) in [5.41, 5.74) is 3.50. The highest BCUT2D eigenvalue weighted by atomic mass is 35.5. The van der Waals surface area contributed by atoms with E-state index in [1.165, 1.54) is 0 Å². The molecule has 6 nitrogen and oxygen atoms in total. The van der Waals surface area contributed by atoms with Crippen molar-refractivity contribution in [2.24, 2.45) is 0 Å². The van der Waals surface area contributed by atoms with E-state index >= 15 is 0 Å². The van der Waals surface area contributed by atoms with Gasteiger partial charge in [-0.1, -0.05) is 59.3 Å². The maximum Gasteiger partial charge on any atom is 0.262 e. The van der Waals surface area contributed by atoms with Gasteiger partial charge in [-0.15, -0.1) is 5.10 Å². The number of fused-ring (bicyclic) bond motifs is 1. The SMILES string of the molecule is O=C(COc1ccc(-c2cn(Cc3ccc(Cl)cc3)nn2)cc1)Nc1ccc2ccccc2c1. The second kappa shape index (κ2) is 9.77. The van der Waals surface area contributed by atoms with E-state index in [0.29, 0.717) is 17.3 Å². The molecule has 1 N–H and O–H groups in total. The number of nitrogens with zero attached hydrogens (tertiary/aromatic N) is 3. The number of benzene rings is 4. The van der Waals surface area contributed by atoms with Crippen molar-refractivity contribution >= 4 is 34.0 Å². The Labute approximate surface area is 201 Å². The van der Waals surface area contributed by atoms with Crippen molar-refractivity contribution in [3.05, 3.63) is 108 Å². The molecule has 168 valence electrons. The third-order valence-corrected chi connectivity index (χ3v) is 5.60. The lowest BCUT2D eigenvalue weighted by Gasteiger charge is -2.09. The fraction of sp³-hybridized carbons (Fsp3) is 0.0741. The Bertz CT molecular complexity index is 1430. The van der Waals surface area contributed by atoms with Crippen LogP contribution in [0, 0.1) is 0 Å². The molecule has 1 heterocycles. The molecule has 0 aliphatic carbocycles. The minimum Gasteiger partial charge on any atom is -0.484 e. The summed E-state index contributed by atoms with van der Waals surface area (Å²) in [6, 6.07) is 28.9. The Kier molecular flexibility index (Phi) is 6.23. The molecule has 0 atom stereocenters. The Morgan fingerprint density at radius 1 is 0.912 bits per heavy atom. The Hall–Kier alpha value is -4.16. The van der Waals surface area contributed by atoms with Gasteiger partial charge in [0.2, 0.25) is 0 Å². The summed E-state index contributed by atoms with van der Waals surface area (Å²) < 4.78 is 7.43. The average Bonchev–Trinajstić information content (AvgIpc) is 3.33. The van der Waals surface area contributed by atoms with E-state index in [2.05, 4.69) is 15.6 Å². The summed E-state index contributed by atoms with van der Waals surface area (Å²) >= 11 is 5.94. The predicted octanol–water partition coefficient (Wildman–Crippen LogP) is 5.82. The first-order valence-electron chi connectivity index (χ1n) is 10.8. The van der Waals surface area contributed by atoms with Crippen molar-refractivity contribution in [1.82, 2.24) is 15.0 Å². The van der Waals surface area contributed by atoms with Crippen molar-refractivity contribution in [2.45, 2.75) is 6.54 Å². The average molecular weight is 469 g/mol. The first-order valence-corrected chi connectivity index (χ1v) is 11.2. The summed E-state index contributed by atoms with van der Waals surface area (Å²) in [6.45, 7) is 0.529. The van der Waals surface area contributed by atoms with Gasteiger partial charge in [0.05, 0.1) is 12.7 Å². The smallest absolute Gasteiger partial charge is 0.262 e. The topological polar surface area (TPSA) is 69.0 Å². The molecule has 0 fully saturated rings. The molecule has 0 aliphatic heterocycles. The summed E-state index contributed by atoms with van der Waals surface area (Å²) in [7, 11) is 0. The van der Waals surface area contributed by atoms with Crippen LogP contribution in [0.5, 0.6) is 5.75 Å².